The molecule has 1 amide bonds. The minimum Gasteiger partial charge on any atom is -0.393 e. The van der Waals surface area contributed by atoms with E-state index in [1.165, 1.54) is 12.0 Å². The zero-order chi connectivity index (χ0) is 27.3. The minimum absolute atomic E-state index is 0.0771. The number of carbonyl (C=O) groups is 1. The van der Waals surface area contributed by atoms with Crippen LogP contribution in [0.15, 0.2) is 53.0 Å². The molecule has 4 aliphatic carbocycles. The molecule has 1 unspecified atom stereocenters. The highest BCUT2D eigenvalue weighted by Crippen LogP contribution is 2.67. The van der Waals surface area contributed by atoms with Gasteiger partial charge in [-0.3, -0.25) is 4.79 Å². The predicted molar refractivity (Wildman–Crippen MR) is 151 cm³/mol. The number of hydrogen-bond acceptors (Lipinski definition) is 5. The van der Waals surface area contributed by atoms with Gasteiger partial charge in [0.15, 0.2) is 0 Å². The quantitative estimate of drug-likeness (QED) is 0.341. The summed E-state index contributed by atoms with van der Waals surface area (Å²) in [5, 5.41) is 27.4. The number of dihydropyridines is 1. The Bertz CT molecular complexity index is 1420. The summed E-state index contributed by atoms with van der Waals surface area (Å²) < 4.78 is 0. The molecule has 8 atom stereocenters. The molecule has 6 nitrogen and oxygen atoms in total. The van der Waals surface area contributed by atoms with E-state index in [9.17, 15) is 15.2 Å². The lowest BCUT2D eigenvalue weighted by Crippen LogP contribution is -2.51. The monoisotopic (exact) mass is 544 g/mol. The molecule has 6 aliphatic rings. The van der Waals surface area contributed by atoms with Gasteiger partial charge in [-0.25, -0.2) is 0 Å². The first kappa shape index (κ1) is 25.2. The molecule has 1 aromatic carbocycles. The van der Waals surface area contributed by atoms with Gasteiger partial charge in [0.1, 0.15) is 17.3 Å². The molecule has 7 heteroatoms. The van der Waals surface area contributed by atoms with Gasteiger partial charge in [0.25, 0.3) is 0 Å². The standard InChI is InChI=1S/C32H37ClN4O2/c1-30-11-9-19(38)13-17(30)3-5-20-21-6-7-23(31(21,2)12-10-22(20)30)27-15-32(25(16-34)28(35)36-27)24-14-18(33)4-8-26(24)37-29(32)39/h3-4,8,14-15,19-23,36,38H,5-7,9-13,35H2,1-2H3,(H,37,39)/t19-,20-,21-,22-,23+,30-,31-,32?/m0/s1. The van der Waals surface area contributed by atoms with Gasteiger partial charge >= 0.3 is 0 Å². The van der Waals surface area contributed by atoms with Gasteiger partial charge in [0.2, 0.25) is 5.91 Å². The molecule has 3 fully saturated rings. The number of nitrogens with one attached hydrogen (secondary N) is 2. The molecule has 7 rings (SSSR count). The number of halogens is 1. The summed E-state index contributed by atoms with van der Waals surface area (Å²) in [7, 11) is 0. The summed E-state index contributed by atoms with van der Waals surface area (Å²) in [5.41, 5.74) is 9.61. The Morgan fingerprint density at radius 3 is 2.74 bits per heavy atom. The number of aliphatic hydroxyl groups excluding tert-OH is 1. The number of rotatable bonds is 1. The van der Waals surface area contributed by atoms with Crippen LogP contribution in [0.1, 0.15) is 70.8 Å². The van der Waals surface area contributed by atoms with Crippen molar-refractivity contribution in [1.29, 1.82) is 5.26 Å². The second-order valence-corrected chi connectivity index (χ2v) is 13.8. The van der Waals surface area contributed by atoms with E-state index >= 15 is 0 Å². The summed E-state index contributed by atoms with van der Waals surface area (Å²) in [4.78, 5) is 13.6. The van der Waals surface area contributed by atoms with Crippen LogP contribution in [0.5, 0.6) is 0 Å². The van der Waals surface area contributed by atoms with E-state index in [0.29, 0.717) is 34.0 Å². The lowest BCUT2D eigenvalue weighted by molar-refractivity contribution is -0.118. The van der Waals surface area contributed by atoms with Crippen LogP contribution in [0.25, 0.3) is 0 Å². The van der Waals surface area contributed by atoms with Crippen LogP contribution in [0.3, 0.4) is 0 Å². The highest BCUT2D eigenvalue weighted by atomic mass is 35.5. The second kappa shape index (κ2) is 8.38. The molecule has 39 heavy (non-hydrogen) atoms. The van der Waals surface area contributed by atoms with Crippen molar-refractivity contribution in [2.75, 3.05) is 5.32 Å². The van der Waals surface area contributed by atoms with Crippen LogP contribution in [0.4, 0.5) is 5.69 Å². The SMILES string of the molecule is C[C@]12CC[C@H]3[C@@H](CC=C4C[C@@H](O)CC[C@@]43C)[C@@H]1CC[C@@H]2C1=CC2(C(=O)Nc3ccc(Cl)cc32)C(C#N)=C(N)N1. The highest BCUT2D eigenvalue weighted by molar-refractivity contribution is 6.31. The van der Waals surface area contributed by atoms with Gasteiger partial charge in [-0.1, -0.05) is 37.1 Å². The zero-order valence-electron chi connectivity index (χ0n) is 22.7. The number of benzene rings is 1. The molecule has 204 valence electrons. The van der Waals surface area contributed by atoms with Crippen LogP contribution in [0.2, 0.25) is 5.02 Å². The summed E-state index contributed by atoms with van der Waals surface area (Å²) in [6.07, 6.45) is 12.7. The lowest BCUT2D eigenvalue weighted by atomic mass is 9.47. The molecule has 5 N–H and O–H groups in total. The van der Waals surface area contributed by atoms with Gasteiger partial charge < -0.3 is 21.5 Å². The molecule has 2 heterocycles. The topological polar surface area (TPSA) is 111 Å². The van der Waals surface area contributed by atoms with E-state index in [-0.39, 0.29) is 40.2 Å². The van der Waals surface area contributed by atoms with Crippen molar-refractivity contribution >= 4 is 23.2 Å². The largest absolute Gasteiger partial charge is 0.393 e. The normalized spacial score (nSPS) is 42.3. The zero-order valence-corrected chi connectivity index (χ0v) is 23.4. The van der Waals surface area contributed by atoms with Crippen molar-refractivity contribution in [3.05, 3.63) is 63.6 Å². The van der Waals surface area contributed by atoms with Gasteiger partial charge in [0, 0.05) is 27.9 Å². The lowest BCUT2D eigenvalue weighted by Gasteiger charge is -2.58. The fourth-order valence-electron chi connectivity index (χ4n) is 9.95. The third-order valence-corrected chi connectivity index (χ3v) is 12.1. The molecule has 0 aromatic heterocycles. The van der Waals surface area contributed by atoms with Gasteiger partial charge in [-0.2, -0.15) is 5.26 Å². The molecular weight excluding hydrogens is 508 g/mol. The number of aliphatic hydroxyl groups is 1. The summed E-state index contributed by atoms with van der Waals surface area (Å²) >= 11 is 6.39. The number of carbonyl (C=O) groups excluding carboxylic acids is 1. The van der Waals surface area contributed by atoms with E-state index in [1.54, 1.807) is 18.2 Å². The number of nitrogens with two attached hydrogens (primary N) is 1. The minimum atomic E-state index is -1.27. The number of allylic oxidation sites excluding steroid dienone is 2. The summed E-state index contributed by atoms with van der Waals surface area (Å²) in [6.45, 7) is 4.91. The Morgan fingerprint density at radius 1 is 1.13 bits per heavy atom. The first-order valence-electron chi connectivity index (χ1n) is 14.5. The van der Waals surface area contributed by atoms with Crippen LogP contribution >= 0.6 is 11.6 Å². The fraction of sp³-hybridized carbons (Fsp3) is 0.562. The number of anilines is 1. The highest BCUT2D eigenvalue weighted by Gasteiger charge is 2.60. The number of nitriles is 1. The van der Waals surface area contributed by atoms with Crippen molar-refractivity contribution in [2.24, 2.45) is 40.2 Å². The molecule has 0 radical (unpaired) electrons. The molecule has 1 spiro atoms. The van der Waals surface area contributed by atoms with Crippen molar-refractivity contribution in [3.8, 4) is 6.07 Å². The number of hydrogen-bond donors (Lipinski definition) is 4. The average molecular weight is 545 g/mol. The Labute approximate surface area is 235 Å². The van der Waals surface area contributed by atoms with Crippen LogP contribution in [-0.2, 0) is 10.2 Å². The first-order chi connectivity index (χ1) is 18.6. The van der Waals surface area contributed by atoms with Crippen molar-refractivity contribution in [3.63, 3.8) is 0 Å². The summed E-state index contributed by atoms with van der Waals surface area (Å²) in [6, 6.07) is 7.59. The fourth-order valence-corrected chi connectivity index (χ4v) is 10.1. The Kier molecular flexibility index (Phi) is 5.42. The molecule has 1 aromatic rings. The third-order valence-electron chi connectivity index (χ3n) is 11.9. The Hall–Kier alpha value is -2.75. The number of nitrogens with zero attached hydrogens (tertiary/aromatic N) is 1. The van der Waals surface area contributed by atoms with Crippen molar-refractivity contribution < 1.29 is 9.90 Å². The Balaban J connectivity index is 1.27. The molecular formula is C32H37ClN4O2. The third kappa shape index (κ3) is 3.27. The Morgan fingerprint density at radius 2 is 1.95 bits per heavy atom. The molecule has 0 bridgehead atoms. The number of fused-ring (bicyclic) bond motifs is 7. The van der Waals surface area contributed by atoms with E-state index in [4.69, 9.17) is 17.3 Å². The van der Waals surface area contributed by atoms with E-state index in [1.807, 2.05) is 6.08 Å². The molecule has 0 saturated heterocycles. The van der Waals surface area contributed by atoms with Crippen LogP contribution in [-0.4, -0.2) is 17.1 Å². The van der Waals surface area contributed by atoms with Crippen LogP contribution < -0.4 is 16.4 Å². The maximum atomic E-state index is 13.6. The smallest absolute Gasteiger partial charge is 0.244 e. The van der Waals surface area contributed by atoms with Gasteiger partial charge in [-0.05, 0) is 104 Å². The molecule has 2 aliphatic heterocycles. The van der Waals surface area contributed by atoms with E-state index in [0.717, 1.165) is 50.6 Å². The van der Waals surface area contributed by atoms with Crippen molar-refractivity contribution in [1.82, 2.24) is 5.32 Å². The van der Waals surface area contributed by atoms with Crippen LogP contribution in [0, 0.1) is 45.8 Å². The number of amides is 1. The maximum Gasteiger partial charge on any atom is 0.244 e. The maximum absolute atomic E-state index is 13.6. The second-order valence-electron chi connectivity index (χ2n) is 13.4. The average Bonchev–Trinajstić information content (AvgIpc) is 3.38. The summed E-state index contributed by atoms with van der Waals surface area (Å²) in [5.74, 6) is 2.11. The van der Waals surface area contributed by atoms with Crippen molar-refractivity contribution in [2.45, 2.75) is 76.7 Å². The van der Waals surface area contributed by atoms with E-state index in [2.05, 4.69) is 36.6 Å². The molecule has 3 saturated carbocycles. The predicted octanol–water partition coefficient (Wildman–Crippen LogP) is 5.65. The van der Waals surface area contributed by atoms with Gasteiger partial charge in [-0.15, -0.1) is 0 Å². The van der Waals surface area contributed by atoms with Gasteiger partial charge in [0.05, 0.1) is 11.7 Å². The first-order valence-corrected chi connectivity index (χ1v) is 14.9. The van der Waals surface area contributed by atoms with E-state index < -0.39 is 5.41 Å².